The molecule has 0 spiro atoms. The highest BCUT2D eigenvalue weighted by molar-refractivity contribution is 9.10. The minimum absolute atomic E-state index is 0.312. The van der Waals surface area contributed by atoms with E-state index in [1.807, 2.05) is 6.07 Å². The Balaban J connectivity index is 1.88. The summed E-state index contributed by atoms with van der Waals surface area (Å²) < 4.78 is 5.88. The monoisotopic (exact) mass is 312 g/mol. The van der Waals surface area contributed by atoms with E-state index in [0.717, 1.165) is 6.42 Å². The quantitative estimate of drug-likeness (QED) is 0.811. The van der Waals surface area contributed by atoms with Crippen LogP contribution in [0.5, 0.6) is 0 Å². The highest BCUT2D eigenvalue weighted by Gasteiger charge is 2.23. The van der Waals surface area contributed by atoms with E-state index < -0.39 is 6.10 Å². The number of carbonyl (C=O) groups excluding carboxylic acids is 2. The molecule has 5 nitrogen and oxygen atoms in total. The lowest BCUT2D eigenvalue weighted by Crippen LogP contribution is -2.46. The Hall–Kier alpha value is -1.40. The Morgan fingerprint density at radius 1 is 1.28 bits per heavy atom. The third-order valence-corrected chi connectivity index (χ3v) is 3.33. The molecule has 1 aliphatic heterocycles. The number of hydrazine groups is 1. The topological polar surface area (TPSA) is 67.4 Å². The number of amides is 2. The van der Waals surface area contributed by atoms with Gasteiger partial charge in [-0.3, -0.25) is 20.4 Å². The van der Waals surface area contributed by atoms with Gasteiger partial charge < -0.3 is 4.74 Å². The first-order valence-electron chi connectivity index (χ1n) is 5.65. The second-order valence-corrected chi connectivity index (χ2v) is 4.78. The second kappa shape index (κ2) is 5.97. The summed E-state index contributed by atoms with van der Waals surface area (Å²) in [5.74, 6) is -0.679. The van der Waals surface area contributed by atoms with Crippen LogP contribution in [0.25, 0.3) is 0 Å². The Bertz CT molecular complexity index is 458. The van der Waals surface area contributed by atoms with Gasteiger partial charge in [0, 0.05) is 11.1 Å². The van der Waals surface area contributed by atoms with Crippen LogP contribution in [0.1, 0.15) is 23.2 Å². The molecule has 0 aliphatic carbocycles. The van der Waals surface area contributed by atoms with Gasteiger partial charge in [-0.1, -0.05) is 12.1 Å². The van der Waals surface area contributed by atoms with Gasteiger partial charge in [-0.2, -0.15) is 0 Å². The van der Waals surface area contributed by atoms with E-state index in [1.165, 1.54) is 0 Å². The number of rotatable bonds is 2. The van der Waals surface area contributed by atoms with E-state index in [1.54, 1.807) is 18.2 Å². The predicted octanol–water partition coefficient (Wildman–Crippen LogP) is 1.39. The van der Waals surface area contributed by atoms with Crippen molar-refractivity contribution in [3.63, 3.8) is 0 Å². The fourth-order valence-corrected chi connectivity index (χ4v) is 2.16. The lowest BCUT2D eigenvalue weighted by atomic mass is 10.2. The summed E-state index contributed by atoms with van der Waals surface area (Å²) in [6, 6.07) is 6.99. The SMILES string of the molecule is O=C(NNC(=O)C1CCCO1)c1ccccc1Br. The van der Waals surface area contributed by atoms with Crippen molar-refractivity contribution in [3.05, 3.63) is 34.3 Å². The van der Waals surface area contributed by atoms with E-state index in [0.29, 0.717) is 23.1 Å². The fourth-order valence-electron chi connectivity index (χ4n) is 1.70. The first-order chi connectivity index (χ1) is 8.68. The average Bonchev–Trinajstić information content (AvgIpc) is 2.90. The van der Waals surface area contributed by atoms with Crippen molar-refractivity contribution in [1.29, 1.82) is 0 Å². The summed E-state index contributed by atoms with van der Waals surface area (Å²) in [7, 11) is 0. The molecule has 1 fully saturated rings. The largest absolute Gasteiger partial charge is 0.368 e. The van der Waals surface area contributed by atoms with Crippen molar-refractivity contribution in [3.8, 4) is 0 Å². The van der Waals surface area contributed by atoms with E-state index in [-0.39, 0.29) is 11.8 Å². The van der Waals surface area contributed by atoms with Crippen LogP contribution in [-0.4, -0.2) is 24.5 Å². The molecule has 0 radical (unpaired) electrons. The molecule has 0 bridgehead atoms. The molecule has 2 amide bonds. The molecule has 6 heteroatoms. The molecule has 1 aromatic rings. The number of hydrogen-bond acceptors (Lipinski definition) is 3. The minimum Gasteiger partial charge on any atom is -0.368 e. The van der Waals surface area contributed by atoms with Crippen LogP contribution in [0.2, 0.25) is 0 Å². The fraction of sp³-hybridized carbons (Fsp3) is 0.333. The maximum atomic E-state index is 11.8. The molecule has 1 unspecified atom stereocenters. The van der Waals surface area contributed by atoms with Crippen molar-refractivity contribution in [2.45, 2.75) is 18.9 Å². The smallest absolute Gasteiger partial charge is 0.270 e. The van der Waals surface area contributed by atoms with Gasteiger partial charge in [-0.15, -0.1) is 0 Å². The highest BCUT2D eigenvalue weighted by Crippen LogP contribution is 2.15. The molecule has 0 aromatic heterocycles. The van der Waals surface area contributed by atoms with Crippen molar-refractivity contribution in [2.24, 2.45) is 0 Å². The van der Waals surface area contributed by atoms with Crippen LogP contribution in [-0.2, 0) is 9.53 Å². The summed E-state index contributed by atoms with van der Waals surface area (Å²) in [6.07, 6.45) is 1.11. The first-order valence-corrected chi connectivity index (χ1v) is 6.44. The molecule has 96 valence electrons. The molecule has 2 rings (SSSR count). The Morgan fingerprint density at radius 3 is 2.72 bits per heavy atom. The summed E-state index contributed by atoms with van der Waals surface area (Å²) in [5.41, 5.74) is 5.20. The zero-order valence-corrected chi connectivity index (χ0v) is 11.2. The van der Waals surface area contributed by atoms with Gasteiger partial charge >= 0.3 is 0 Å². The van der Waals surface area contributed by atoms with E-state index in [9.17, 15) is 9.59 Å². The van der Waals surface area contributed by atoms with Crippen molar-refractivity contribution < 1.29 is 14.3 Å². The third-order valence-electron chi connectivity index (χ3n) is 2.64. The third kappa shape index (κ3) is 3.08. The number of ether oxygens (including phenoxy) is 1. The summed E-state index contributed by atoms with van der Waals surface area (Å²) >= 11 is 3.27. The molecule has 18 heavy (non-hydrogen) atoms. The molecule has 1 heterocycles. The highest BCUT2D eigenvalue weighted by atomic mass is 79.9. The maximum Gasteiger partial charge on any atom is 0.270 e. The first kappa shape index (κ1) is 13.0. The molecule has 1 aliphatic rings. The van der Waals surface area contributed by atoms with Crippen molar-refractivity contribution in [2.75, 3.05) is 6.61 Å². The van der Waals surface area contributed by atoms with Gasteiger partial charge in [0.2, 0.25) is 0 Å². The minimum atomic E-state index is -0.454. The van der Waals surface area contributed by atoms with Gasteiger partial charge in [0.15, 0.2) is 0 Å². The molecule has 1 aromatic carbocycles. The van der Waals surface area contributed by atoms with Crippen LogP contribution in [0.15, 0.2) is 28.7 Å². The number of hydrogen-bond donors (Lipinski definition) is 2. The lowest BCUT2D eigenvalue weighted by molar-refractivity contribution is -0.130. The molecular formula is C12H13BrN2O3. The van der Waals surface area contributed by atoms with Crippen molar-refractivity contribution >= 4 is 27.7 Å². The molecule has 1 saturated heterocycles. The van der Waals surface area contributed by atoms with Gasteiger partial charge in [0.1, 0.15) is 6.10 Å². The van der Waals surface area contributed by atoms with Crippen LogP contribution in [0.4, 0.5) is 0 Å². The average molecular weight is 313 g/mol. The predicted molar refractivity (Wildman–Crippen MR) is 68.7 cm³/mol. The van der Waals surface area contributed by atoms with Gasteiger partial charge in [0.25, 0.3) is 11.8 Å². The summed E-state index contributed by atoms with van der Waals surface area (Å²) in [4.78, 5) is 23.4. The van der Waals surface area contributed by atoms with Crippen LogP contribution in [0.3, 0.4) is 0 Å². The van der Waals surface area contributed by atoms with Crippen LogP contribution in [0, 0.1) is 0 Å². The molecule has 2 N–H and O–H groups in total. The zero-order chi connectivity index (χ0) is 13.0. The van der Waals surface area contributed by atoms with Crippen LogP contribution >= 0.6 is 15.9 Å². The second-order valence-electron chi connectivity index (χ2n) is 3.92. The van der Waals surface area contributed by atoms with E-state index in [2.05, 4.69) is 26.8 Å². The number of benzene rings is 1. The molecule has 0 saturated carbocycles. The van der Waals surface area contributed by atoms with E-state index in [4.69, 9.17) is 4.74 Å². The van der Waals surface area contributed by atoms with Crippen LogP contribution < -0.4 is 10.9 Å². The van der Waals surface area contributed by atoms with Gasteiger partial charge in [-0.25, -0.2) is 0 Å². The number of nitrogens with one attached hydrogen (secondary N) is 2. The number of carbonyl (C=O) groups is 2. The maximum absolute atomic E-state index is 11.8. The zero-order valence-electron chi connectivity index (χ0n) is 9.61. The Morgan fingerprint density at radius 2 is 2.06 bits per heavy atom. The normalized spacial score (nSPS) is 18.4. The lowest BCUT2D eigenvalue weighted by Gasteiger charge is -2.11. The van der Waals surface area contributed by atoms with E-state index >= 15 is 0 Å². The Kier molecular flexibility index (Phi) is 4.33. The number of halogens is 1. The van der Waals surface area contributed by atoms with Gasteiger partial charge in [-0.05, 0) is 40.9 Å². The Labute approximate surface area is 113 Å². The summed E-state index contributed by atoms with van der Waals surface area (Å²) in [5, 5.41) is 0. The molecule has 1 atom stereocenters. The van der Waals surface area contributed by atoms with Gasteiger partial charge in [0.05, 0.1) is 5.56 Å². The standard InChI is InChI=1S/C12H13BrN2O3/c13-9-5-2-1-4-8(9)11(16)14-15-12(17)10-6-3-7-18-10/h1-2,4-5,10H,3,6-7H2,(H,14,16)(H,15,17). The van der Waals surface area contributed by atoms with Crippen molar-refractivity contribution in [1.82, 2.24) is 10.9 Å². The molecular weight excluding hydrogens is 300 g/mol. The summed E-state index contributed by atoms with van der Waals surface area (Å²) in [6.45, 7) is 0.594.